The second kappa shape index (κ2) is 10.8. The average Bonchev–Trinajstić information content (AvgIpc) is 3.13. The number of Topliss-reactive ketones (excluding diaryl/α,β-unsaturated/α-hetero) is 1. The van der Waals surface area contributed by atoms with Crippen LogP contribution in [0.5, 0.6) is 5.75 Å². The number of carbonyl (C=O) groups excluding carboxylic acids is 2. The number of halogens is 1. The van der Waals surface area contributed by atoms with E-state index in [1.165, 1.54) is 7.11 Å². The fraction of sp³-hybridized carbons (Fsp3) is 0.333. The molecule has 0 aliphatic carbocycles. The Hall–Kier alpha value is -2.59. The van der Waals surface area contributed by atoms with Crippen molar-refractivity contribution < 1.29 is 28.2 Å². The van der Waals surface area contributed by atoms with Crippen molar-refractivity contribution in [3.63, 3.8) is 0 Å². The summed E-state index contributed by atoms with van der Waals surface area (Å²) in [7, 11) is 3.34. The van der Waals surface area contributed by atoms with Crippen molar-refractivity contribution >= 4 is 51.0 Å². The third-order valence-electron chi connectivity index (χ3n) is 4.85. The van der Waals surface area contributed by atoms with E-state index in [1.54, 1.807) is 17.9 Å². The minimum Gasteiger partial charge on any atom is -0.466 e. The highest BCUT2D eigenvalue weighted by molar-refractivity contribution is 14.1. The van der Waals surface area contributed by atoms with Crippen LogP contribution in [-0.4, -0.2) is 45.9 Å². The van der Waals surface area contributed by atoms with Gasteiger partial charge in [-0.3, -0.25) is 9.59 Å². The normalized spacial score (nSPS) is 10.9. The van der Waals surface area contributed by atoms with Crippen molar-refractivity contribution in [3.8, 4) is 5.75 Å². The van der Waals surface area contributed by atoms with Gasteiger partial charge in [0.25, 0.3) is 0 Å². The SMILES string of the molecule is CCOC(=O)Cc1cccc(N(C)CC(=O)c2cc(I)c3oc(C)cc3c2)c1OCOC. The van der Waals surface area contributed by atoms with Gasteiger partial charge in [0.2, 0.25) is 0 Å². The highest BCUT2D eigenvalue weighted by Crippen LogP contribution is 2.33. The van der Waals surface area contributed by atoms with Crippen molar-refractivity contribution in [1.82, 2.24) is 0 Å². The molecule has 0 atom stereocenters. The van der Waals surface area contributed by atoms with Crippen molar-refractivity contribution in [2.24, 2.45) is 0 Å². The summed E-state index contributed by atoms with van der Waals surface area (Å²) in [6.45, 7) is 4.10. The zero-order chi connectivity index (χ0) is 23.3. The molecule has 0 aliphatic heterocycles. The van der Waals surface area contributed by atoms with Crippen LogP contribution in [0.2, 0.25) is 0 Å². The van der Waals surface area contributed by atoms with Crippen LogP contribution in [0.15, 0.2) is 40.8 Å². The van der Waals surface area contributed by atoms with Gasteiger partial charge >= 0.3 is 5.97 Å². The predicted molar refractivity (Wildman–Crippen MR) is 131 cm³/mol. The molecular weight excluding hydrogens is 525 g/mol. The van der Waals surface area contributed by atoms with Gasteiger partial charge in [0.05, 0.1) is 28.8 Å². The standard InChI is InChI=1S/C24H26INO6/c1-5-30-22(28)12-16-7-6-8-20(24(16)31-14-29-4)26(3)13-21(27)17-10-18-9-15(2)32-23(18)19(25)11-17/h6-11H,5,12-14H2,1-4H3. The second-order valence-corrected chi connectivity index (χ2v) is 8.47. The van der Waals surface area contributed by atoms with Crippen molar-refractivity contribution in [1.29, 1.82) is 0 Å². The first-order valence-corrected chi connectivity index (χ1v) is 11.2. The molecule has 0 bridgehead atoms. The lowest BCUT2D eigenvalue weighted by atomic mass is 10.1. The maximum absolute atomic E-state index is 13.1. The molecule has 32 heavy (non-hydrogen) atoms. The Morgan fingerprint density at radius 2 is 1.97 bits per heavy atom. The zero-order valence-corrected chi connectivity index (χ0v) is 20.7. The van der Waals surface area contributed by atoms with Crippen LogP contribution in [0.25, 0.3) is 11.0 Å². The Morgan fingerprint density at radius 3 is 2.69 bits per heavy atom. The van der Waals surface area contributed by atoms with Crippen molar-refractivity contribution in [2.75, 3.05) is 39.0 Å². The molecular formula is C24H26INO6. The number of fused-ring (bicyclic) bond motifs is 1. The molecule has 3 aromatic rings. The first kappa shape index (κ1) is 24.1. The number of anilines is 1. The number of carbonyl (C=O) groups is 2. The number of esters is 1. The van der Waals surface area contributed by atoms with Gasteiger partial charge in [-0.05, 0) is 60.7 Å². The van der Waals surface area contributed by atoms with E-state index in [0.29, 0.717) is 29.2 Å². The average molecular weight is 551 g/mol. The number of methoxy groups -OCH3 is 1. The first-order valence-electron chi connectivity index (χ1n) is 10.2. The van der Waals surface area contributed by atoms with E-state index in [2.05, 4.69) is 22.6 Å². The number of para-hydroxylation sites is 1. The number of hydrogen-bond acceptors (Lipinski definition) is 7. The van der Waals surface area contributed by atoms with E-state index < -0.39 is 0 Å². The summed E-state index contributed by atoms with van der Waals surface area (Å²) >= 11 is 2.18. The van der Waals surface area contributed by atoms with Gasteiger partial charge in [0, 0.05) is 30.7 Å². The van der Waals surface area contributed by atoms with Gasteiger partial charge in [-0.2, -0.15) is 0 Å². The van der Waals surface area contributed by atoms with Crippen LogP contribution >= 0.6 is 22.6 Å². The summed E-state index contributed by atoms with van der Waals surface area (Å²) in [5, 5.41) is 0.904. The summed E-state index contributed by atoms with van der Waals surface area (Å²) < 4.78 is 22.5. The second-order valence-electron chi connectivity index (χ2n) is 7.31. The molecule has 2 aromatic carbocycles. The Labute approximate surface area is 200 Å². The number of rotatable bonds is 10. The van der Waals surface area contributed by atoms with Crippen LogP contribution in [0.3, 0.4) is 0 Å². The van der Waals surface area contributed by atoms with Gasteiger partial charge in [-0.25, -0.2) is 0 Å². The summed E-state index contributed by atoms with van der Waals surface area (Å²) in [4.78, 5) is 26.9. The number of furan rings is 1. The maximum atomic E-state index is 13.1. The van der Waals surface area contributed by atoms with Crippen molar-refractivity contribution in [2.45, 2.75) is 20.3 Å². The van der Waals surface area contributed by atoms with Crippen LogP contribution in [0.4, 0.5) is 5.69 Å². The highest BCUT2D eigenvalue weighted by atomic mass is 127. The van der Waals surface area contributed by atoms with E-state index in [4.69, 9.17) is 18.6 Å². The summed E-state index contributed by atoms with van der Waals surface area (Å²) in [5.74, 6) is 0.912. The molecule has 170 valence electrons. The van der Waals surface area contributed by atoms with Crippen LogP contribution < -0.4 is 9.64 Å². The molecule has 0 aliphatic rings. The zero-order valence-electron chi connectivity index (χ0n) is 18.6. The molecule has 0 radical (unpaired) electrons. The van der Waals surface area contributed by atoms with Gasteiger partial charge in [-0.1, -0.05) is 12.1 Å². The van der Waals surface area contributed by atoms with Crippen LogP contribution in [0, 0.1) is 10.5 Å². The minimum absolute atomic E-state index is 0.0172. The maximum Gasteiger partial charge on any atom is 0.310 e. The highest BCUT2D eigenvalue weighted by Gasteiger charge is 2.20. The number of hydrogen-bond donors (Lipinski definition) is 0. The lowest BCUT2D eigenvalue weighted by Gasteiger charge is -2.23. The number of ether oxygens (including phenoxy) is 3. The molecule has 8 heteroatoms. The summed E-state index contributed by atoms with van der Waals surface area (Å²) in [6, 6.07) is 11.1. The molecule has 0 fully saturated rings. The first-order chi connectivity index (χ1) is 15.3. The minimum atomic E-state index is -0.344. The molecule has 0 saturated heterocycles. The number of benzene rings is 2. The van der Waals surface area contributed by atoms with E-state index in [-0.39, 0.29) is 31.5 Å². The Morgan fingerprint density at radius 1 is 1.19 bits per heavy atom. The molecule has 0 saturated carbocycles. The predicted octanol–water partition coefficient (Wildman–Crippen LogP) is 4.75. The van der Waals surface area contributed by atoms with E-state index in [9.17, 15) is 9.59 Å². The number of nitrogens with zero attached hydrogens (tertiary/aromatic N) is 1. The van der Waals surface area contributed by atoms with Gasteiger partial charge < -0.3 is 23.5 Å². The van der Waals surface area contributed by atoms with Gasteiger partial charge in [-0.15, -0.1) is 0 Å². The molecule has 0 spiro atoms. The molecule has 7 nitrogen and oxygen atoms in total. The number of likely N-dealkylation sites (N-methyl/N-ethyl adjacent to an activating group) is 1. The van der Waals surface area contributed by atoms with Crippen LogP contribution in [-0.2, 0) is 20.7 Å². The Kier molecular flexibility index (Phi) is 8.14. The third kappa shape index (κ3) is 5.60. The Bertz CT molecular complexity index is 1120. The number of aryl methyl sites for hydroxylation is 1. The fourth-order valence-corrected chi connectivity index (χ4v) is 4.21. The molecule has 1 aromatic heterocycles. The van der Waals surface area contributed by atoms with Gasteiger partial charge in [0.1, 0.15) is 17.1 Å². The molecule has 3 rings (SSSR count). The topological polar surface area (TPSA) is 78.2 Å². The summed E-state index contributed by atoms with van der Waals surface area (Å²) in [6.07, 6.45) is 0.0667. The molecule has 0 N–H and O–H groups in total. The quantitative estimate of drug-likeness (QED) is 0.156. The van der Waals surface area contributed by atoms with E-state index >= 15 is 0 Å². The monoisotopic (exact) mass is 551 g/mol. The van der Waals surface area contributed by atoms with Crippen LogP contribution in [0.1, 0.15) is 28.6 Å². The molecule has 1 heterocycles. The molecule has 0 amide bonds. The lowest BCUT2D eigenvalue weighted by Crippen LogP contribution is -2.26. The molecule has 0 unspecified atom stereocenters. The smallest absolute Gasteiger partial charge is 0.310 e. The largest absolute Gasteiger partial charge is 0.466 e. The summed E-state index contributed by atoms with van der Waals surface area (Å²) in [5.41, 5.74) is 2.75. The lowest BCUT2D eigenvalue weighted by molar-refractivity contribution is -0.142. The third-order valence-corrected chi connectivity index (χ3v) is 5.65. The van der Waals surface area contributed by atoms with Crippen molar-refractivity contribution in [3.05, 3.63) is 56.9 Å². The van der Waals surface area contributed by atoms with Gasteiger partial charge in [0.15, 0.2) is 12.6 Å². The fourth-order valence-electron chi connectivity index (χ4n) is 3.45. The van der Waals surface area contributed by atoms with E-state index in [0.717, 1.165) is 20.3 Å². The Balaban J connectivity index is 1.86. The number of ketones is 1. The van der Waals surface area contributed by atoms with E-state index in [1.807, 2.05) is 44.3 Å².